The SMILES string of the molecule is CC(CCO)NC(=O)c1cccc(OCc2cn3ccccc3n2)c1. The summed E-state index contributed by atoms with van der Waals surface area (Å²) in [6.07, 6.45) is 4.38. The van der Waals surface area contributed by atoms with Gasteiger partial charge in [-0.1, -0.05) is 12.1 Å². The summed E-state index contributed by atoms with van der Waals surface area (Å²) in [7, 11) is 0. The number of nitrogens with one attached hydrogen (secondary N) is 1. The van der Waals surface area contributed by atoms with Crippen molar-refractivity contribution in [1.29, 1.82) is 0 Å². The lowest BCUT2D eigenvalue weighted by atomic mass is 10.1. The fourth-order valence-corrected chi connectivity index (χ4v) is 2.51. The van der Waals surface area contributed by atoms with Gasteiger partial charge in [-0.15, -0.1) is 0 Å². The van der Waals surface area contributed by atoms with Crippen LogP contribution in [0.3, 0.4) is 0 Å². The Morgan fingerprint density at radius 3 is 3.00 bits per heavy atom. The number of imidazole rings is 1. The Morgan fingerprint density at radius 2 is 2.20 bits per heavy atom. The maximum atomic E-state index is 12.2. The lowest BCUT2D eigenvalue weighted by molar-refractivity contribution is 0.0934. The Hall–Kier alpha value is -2.86. The number of hydrogen-bond acceptors (Lipinski definition) is 4. The number of amides is 1. The number of ether oxygens (including phenoxy) is 1. The summed E-state index contributed by atoms with van der Waals surface area (Å²) in [4.78, 5) is 16.7. The van der Waals surface area contributed by atoms with Crippen LogP contribution in [-0.2, 0) is 6.61 Å². The smallest absolute Gasteiger partial charge is 0.251 e. The van der Waals surface area contributed by atoms with Gasteiger partial charge in [0, 0.05) is 30.6 Å². The molecule has 0 aliphatic carbocycles. The second-order valence-corrected chi connectivity index (χ2v) is 5.90. The minimum atomic E-state index is -0.181. The van der Waals surface area contributed by atoms with Gasteiger partial charge in [0.1, 0.15) is 18.0 Å². The fraction of sp³-hybridized carbons (Fsp3) is 0.263. The average molecular weight is 339 g/mol. The molecule has 1 unspecified atom stereocenters. The number of aliphatic hydroxyl groups is 1. The highest BCUT2D eigenvalue weighted by Crippen LogP contribution is 2.16. The first kappa shape index (κ1) is 17.0. The predicted octanol–water partition coefficient (Wildman–Crippen LogP) is 2.41. The van der Waals surface area contributed by atoms with Crippen molar-refractivity contribution in [3.05, 3.63) is 66.1 Å². The molecule has 2 N–H and O–H groups in total. The van der Waals surface area contributed by atoms with Crippen LogP contribution in [0.4, 0.5) is 0 Å². The molecule has 0 fully saturated rings. The zero-order valence-electron chi connectivity index (χ0n) is 14.1. The summed E-state index contributed by atoms with van der Waals surface area (Å²) >= 11 is 0. The fourth-order valence-electron chi connectivity index (χ4n) is 2.51. The van der Waals surface area contributed by atoms with E-state index in [9.17, 15) is 4.79 Å². The summed E-state index contributed by atoms with van der Waals surface area (Å²) < 4.78 is 7.70. The van der Waals surface area contributed by atoms with E-state index >= 15 is 0 Å². The first-order valence-electron chi connectivity index (χ1n) is 8.23. The highest BCUT2D eigenvalue weighted by atomic mass is 16.5. The van der Waals surface area contributed by atoms with Crippen LogP contribution in [0.1, 0.15) is 29.4 Å². The number of carbonyl (C=O) groups is 1. The Labute approximate surface area is 146 Å². The average Bonchev–Trinajstić information content (AvgIpc) is 3.03. The molecule has 2 heterocycles. The summed E-state index contributed by atoms with van der Waals surface area (Å²) in [6.45, 7) is 2.23. The molecule has 1 atom stereocenters. The topological polar surface area (TPSA) is 75.9 Å². The van der Waals surface area contributed by atoms with E-state index in [0.717, 1.165) is 11.3 Å². The maximum absolute atomic E-state index is 12.2. The molecule has 6 heteroatoms. The van der Waals surface area contributed by atoms with Gasteiger partial charge in [-0.2, -0.15) is 0 Å². The quantitative estimate of drug-likeness (QED) is 0.693. The molecule has 130 valence electrons. The van der Waals surface area contributed by atoms with Crippen LogP contribution in [0.15, 0.2) is 54.9 Å². The van der Waals surface area contributed by atoms with Crippen LogP contribution in [0.5, 0.6) is 5.75 Å². The zero-order chi connectivity index (χ0) is 17.6. The molecule has 0 aliphatic rings. The van der Waals surface area contributed by atoms with Crippen LogP contribution in [0.25, 0.3) is 5.65 Å². The third-order valence-electron chi connectivity index (χ3n) is 3.84. The van der Waals surface area contributed by atoms with Gasteiger partial charge >= 0.3 is 0 Å². The Kier molecular flexibility index (Phi) is 5.30. The number of rotatable bonds is 7. The van der Waals surface area contributed by atoms with E-state index in [1.54, 1.807) is 18.2 Å². The Bertz CT molecular complexity index is 827. The summed E-state index contributed by atoms with van der Waals surface area (Å²) in [5.41, 5.74) is 2.21. The minimum Gasteiger partial charge on any atom is -0.487 e. The number of pyridine rings is 1. The van der Waals surface area contributed by atoms with E-state index in [1.807, 2.05) is 48.0 Å². The lowest BCUT2D eigenvalue weighted by Crippen LogP contribution is -2.33. The molecule has 3 aromatic rings. The molecule has 0 saturated carbocycles. The second-order valence-electron chi connectivity index (χ2n) is 5.90. The van der Waals surface area contributed by atoms with E-state index in [0.29, 0.717) is 24.3 Å². The van der Waals surface area contributed by atoms with Gasteiger partial charge in [-0.3, -0.25) is 4.79 Å². The molecule has 0 bridgehead atoms. The number of carbonyl (C=O) groups excluding carboxylic acids is 1. The molecular weight excluding hydrogens is 318 g/mol. The van der Waals surface area contributed by atoms with Gasteiger partial charge in [0.05, 0.1) is 5.69 Å². The van der Waals surface area contributed by atoms with Crippen molar-refractivity contribution in [1.82, 2.24) is 14.7 Å². The number of nitrogens with zero attached hydrogens (tertiary/aromatic N) is 2. The zero-order valence-corrected chi connectivity index (χ0v) is 14.1. The number of benzene rings is 1. The van der Waals surface area contributed by atoms with Crippen molar-refractivity contribution in [2.75, 3.05) is 6.61 Å². The molecule has 0 spiro atoms. The molecule has 0 radical (unpaired) electrons. The van der Waals surface area contributed by atoms with Crippen molar-refractivity contribution < 1.29 is 14.6 Å². The largest absolute Gasteiger partial charge is 0.487 e. The number of hydrogen-bond donors (Lipinski definition) is 2. The summed E-state index contributed by atoms with van der Waals surface area (Å²) in [5, 5.41) is 11.8. The van der Waals surface area contributed by atoms with E-state index in [-0.39, 0.29) is 18.6 Å². The van der Waals surface area contributed by atoms with Crippen molar-refractivity contribution in [2.45, 2.75) is 26.0 Å². The Morgan fingerprint density at radius 1 is 1.32 bits per heavy atom. The van der Waals surface area contributed by atoms with Crippen LogP contribution in [-0.4, -0.2) is 33.0 Å². The first-order valence-corrected chi connectivity index (χ1v) is 8.23. The first-order chi connectivity index (χ1) is 12.2. The molecule has 6 nitrogen and oxygen atoms in total. The van der Waals surface area contributed by atoms with Gasteiger partial charge < -0.3 is 19.6 Å². The van der Waals surface area contributed by atoms with Gasteiger partial charge in [0.15, 0.2) is 0 Å². The van der Waals surface area contributed by atoms with Crippen molar-refractivity contribution in [3.8, 4) is 5.75 Å². The second kappa shape index (κ2) is 7.81. The molecule has 3 rings (SSSR count). The van der Waals surface area contributed by atoms with Crippen molar-refractivity contribution >= 4 is 11.6 Å². The van der Waals surface area contributed by atoms with Crippen LogP contribution < -0.4 is 10.1 Å². The molecule has 0 aliphatic heterocycles. The van der Waals surface area contributed by atoms with Gasteiger partial charge in [0.2, 0.25) is 0 Å². The van der Waals surface area contributed by atoms with Crippen molar-refractivity contribution in [3.63, 3.8) is 0 Å². The summed E-state index contributed by atoms with van der Waals surface area (Å²) in [5.74, 6) is 0.429. The van der Waals surface area contributed by atoms with E-state index in [1.165, 1.54) is 0 Å². The third-order valence-corrected chi connectivity index (χ3v) is 3.84. The van der Waals surface area contributed by atoms with Gasteiger partial charge in [-0.25, -0.2) is 4.98 Å². The molecule has 2 aromatic heterocycles. The normalized spacial score (nSPS) is 12.1. The van der Waals surface area contributed by atoms with Crippen LogP contribution in [0.2, 0.25) is 0 Å². The monoisotopic (exact) mass is 339 g/mol. The molecule has 1 aromatic carbocycles. The van der Waals surface area contributed by atoms with E-state index < -0.39 is 0 Å². The number of aromatic nitrogens is 2. The van der Waals surface area contributed by atoms with E-state index in [2.05, 4.69) is 10.3 Å². The van der Waals surface area contributed by atoms with Gasteiger partial charge in [0.25, 0.3) is 5.91 Å². The van der Waals surface area contributed by atoms with Crippen molar-refractivity contribution in [2.24, 2.45) is 0 Å². The van der Waals surface area contributed by atoms with Crippen LogP contribution in [0, 0.1) is 0 Å². The van der Waals surface area contributed by atoms with Crippen LogP contribution >= 0.6 is 0 Å². The highest BCUT2D eigenvalue weighted by molar-refractivity contribution is 5.94. The molecule has 1 amide bonds. The third kappa shape index (κ3) is 4.36. The maximum Gasteiger partial charge on any atom is 0.251 e. The number of fused-ring (bicyclic) bond motifs is 1. The highest BCUT2D eigenvalue weighted by Gasteiger charge is 2.10. The molecular formula is C19H21N3O3. The summed E-state index contributed by atoms with van der Waals surface area (Å²) in [6, 6.07) is 12.8. The Balaban J connectivity index is 1.64. The lowest BCUT2D eigenvalue weighted by Gasteiger charge is -2.13. The van der Waals surface area contributed by atoms with Gasteiger partial charge in [-0.05, 0) is 43.7 Å². The molecule has 25 heavy (non-hydrogen) atoms. The minimum absolute atomic E-state index is 0.0452. The standard InChI is InChI=1S/C19H21N3O3/c1-14(8-10-23)20-19(24)15-5-4-6-17(11-15)25-13-16-12-22-9-3-2-7-18(22)21-16/h2-7,9,11-12,14,23H,8,10,13H2,1H3,(H,20,24). The molecule has 0 saturated heterocycles. The predicted molar refractivity (Wildman–Crippen MR) is 94.6 cm³/mol. The van der Waals surface area contributed by atoms with E-state index in [4.69, 9.17) is 9.84 Å². The number of aliphatic hydroxyl groups excluding tert-OH is 1.